The predicted octanol–water partition coefficient (Wildman–Crippen LogP) is 3.42. The van der Waals surface area contributed by atoms with E-state index < -0.39 is 0 Å². The molecule has 0 unspecified atom stereocenters. The molecular weight excluding hydrogens is 236 g/mol. The van der Waals surface area contributed by atoms with E-state index in [9.17, 15) is 0 Å². The van der Waals surface area contributed by atoms with Gasteiger partial charge in [-0.3, -0.25) is 0 Å². The van der Waals surface area contributed by atoms with E-state index in [0.717, 1.165) is 22.6 Å². The molecule has 0 amide bonds. The minimum Gasteiger partial charge on any atom is -0.496 e. The molecule has 0 aliphatic rings. The van der Waals surface area contributed by atoms with Crippen molar-refractivity contribution in [2.75, 3.05) is 7.11 Å². The SMILES string of the molecule is COc1ccc(C)cc1-c1cc(Cl)nc(C)n1. The van der Waals surface area contributed by atoms with Gasteiger partial charge < -0.3 is 4.74 Å². The molecule has 0 bridgehead atoms. The van der Waals surface area contributed by atoms with Gasteiger partial charge in [-0.15, -0.1) is 0 Å². The van der Waals surface area contributed by atoms with Crippen molar-refractivity contribution in [1.82, 2.24) is 9.97 Å². The average Bonchev–Trinajstić information content (AvgIpc) is 2.27. The van der Waals surface area contributed by atoms with Crippen molar-refractivity contribution < 1.29 is 4.74 Å². The van der Waals surface area contributed by atoms with E-state index >= 15 is 0 Å². The molecule has 0 fully saturated rings. The molecule has 0 saturated carbocycles. The fourth-order valence-electron chi connectivity index (χ4n) is 1.69. The molecule has 1 heterocycles. The second-order valence-electron chi connectivity index (χ2n) is 3.83. The maximum atomic E-state index is 5.94. The highest BCUT2D eigenvalue weighted by molar-refractivity contribution is 6.29. The summed E-state index contributed by atoms with van der Waals surface area (Å²) >= 11 is 5.94. The zero-order chi connectivity index (χ0) is 12.4. The van der Waals surface area contributed by atoms with Crippen LogP contribution in [0.3, 0.4) is 0 Å². The van der Waals surface area contributed by atoms with Crippen LogP contribution in [0, 0.1) is 13.8 Å². The Balaban J connectivity index is 2.62. The Morgan fingerprint density at radius 2 is 1.88 bits per heavy atom. The minimum atomic E-state index is 0.441. The fourth-order valence-corrected chi connectivity index (χ4v) is 1.92. The first-order chi connectivity index (χ1) is 8.10. The normalized spacial score (nSPS) is 10.4. The monoisotopic (exact) mass is 248 g/mol. The molecule has 0 aliphatic carbocycles. The summed E-state index contributed by atoms with van der Waals surface area (Å²) in [5.41, 5.74) is 2.86. The van der Waals surface area contributed by atoms with Crippen LogP contribution in [0.25, 0.3) is 11.3 Å². The molecule has 3 nitrogen and oxygen atoms in total. The van der Waals surface area contributed by atoms with Gasteiger partial charge in [-0.1, -0.05) is 23.2 Å². The van der Waals surface area contributed by atoms with E-state index in [1.165, 1.54) is 0 Å². The van der Waals surface area contributed by atoms with Gasteiger partial charge in [0.25, 0.3) is 0 Å². The Morgan fingerprint density at radius 3 is 2.53 bits per heavy atom. The third-order valence-electron chi connectivity index (χ3n) is 2.44. The summed E-state index contributed by atoms with van der Waals surface area (Å²) in [6.45, 7) is 3.84. The molecule has 1 aromatic carbocycles. The van der Waals surface area contributed by atoms with Crippen LogP contribution in [-0.2, 0) is 0 Å². The number of hydrogen-bond acceptors (Lipinski definition) is 3. The van der Waals surface area contributed by atoms with Gasteiger partial charge in [0.05, 0.1) is 12.8 Å². The number of aryl methyl sites for hydroxylation is 2. The molecular formula is C13H13ClN2O. The van der Waals surface area contributed by atoms with Crippen molar-refractivity contribution in [3.63, 3.8) is 0 Å². The lowest BCUT2D eigenvalue weighted by atomic mass is 10.1. The topological polar surface area (TPSA) is 35.0 Å². The van der Waals surface area contributed by atoms with Gasteiger partial charge in [0.2, 0.25) is 0 Å². The number of halogens is 1. The van der Waals surface area contributed by atoms with Crippen molar-refractivity contribution in [1.29, 1.82) is 0 Å². The molecule has 17 heavy (non-hydrogen) atoms. The number of ether oxygens (including phenoxy) is 1. The predicted molar refractivity (Wildman–Crippen MR) is 68.5 cm³/mol. The molecule has 0 atom stereocenters. The number of aromatic nitrogens is 2. The van der Waals surface area contributed by atoms with Crippen LogP contribution in [0.1, 0.15) is 11.4 Å². The highest BCUT2D eigenvalue weighted by Gasteiger charge is 2.09. The van der Waals surface area contributed by atoms with E-state index in [2.05, 4.69) is 9.97 Å². The van der Waals surface area contributed by atoms with Crippen LogP contribution in [0.5, 0.6) is 5.75 Å². The zero-order valence-electron chi connectivity index (χ0n) is 9.99. The highest BCUT2D eigenvalue weighted by atomic mass is 35.5. The van der Waals surface area contributed by atoms with Gasteiger partial charge in [0.1, 0.15) is 16.7 Å². The Kier molecular flexibility index (Phi) is 3.29. The van der Waals surface area contributed by atoms with E-state index in [1.54, 1.807) is 13.2 Å². The van der Waals surface area contributed by atoms with E-state index in [4.69, 9.17) is 16.3 Å². The first-order valence-corrected chi connectivity index (χ1v) is 5.64. The molecule has 0 saturated heterocycles. The molecule has 0 aliphatic heterocycles. The lowest BCUT2D eigenvalue weighted by molar-refractivity contribution is 0.416. The summed E-state index contributed by atoms with van der Waals surface area (Å²) in [6.07, 6.45) is 0. The van der Waals surface area contributed by atoms with Crippen LogP contribution in [-0.4, -0.2) is 17.1 Å². The van der Waals surface area contributed by atoms with Crippen molar-refractivity contribution in [3.8, 4) is 17.0 Å². The maximum absolute atomic E-state index is 5.94. The van der Waals surface area contributed by atoms with E-state index in [-0.39, 0.29) is 0 Å². The van der Waals surface area contributed by atoms with Gasteiger partial charge in [-0.2, -0.15) is 0 Å². The van der Waals surface area contributed by atoms with E-state index in [0.29, 0.717) is 11.0 Å². The lowest BCUT2D eigenvalue weighted by Gasteiger charge is -2.09. The summed E-state index contributed by atoms with van der Waals surface area (Å²) in [7, 11) is 1.64. The lowest BCUT2D eigenvalue weighted by Crippen LogP contribution is -1.94. The van der Waals surface area contributed by atoms with Crippen molar-refractivity contribution in [3.05, 3.63) is 40.8 Å². The zero-order valence-corrected chi connectivity index (χ0v) is 10.7. The number of hydrogen-bond donors (Lipinski definition) is 0. The smallest absolute Gasteiger partial charge is 0.133 e. The second kappa shape index (κ2) is 4.72. The maximum Gasteiger partial charge on any atom is 0.133 e. The van der Waals surface area contributed by atoms with Crippen LogP contribution in [0.15, 0.2) is 24.3 Å². The highest BCUT2D eigenvalue weighted by Crippen LogP contribution is 2.30. The van der Waals surface area contributed by atoms with Crippen molar-refractivity contribution >= 4 is 11.6 Å². The third-order valence-corrected chi connectivity index (χ3v) is 2.63. The van der Waals surface area contributed by atoms with Gasteiger partial charge in [-0.25, -0.2) is 9.97 Å². The summed E-state index contributed by atoms with van der Waals surface area (Å²) in [6, 6.07) is 7.69. The average molecular weight is 249 g/mol. The third kappa shape index (κ3) is 2.56. The number of nitrogens with zero attached hydrogens (tertiary/aromatic N) is 2. The molecule has 1 aromatic heterocycles. The Labute approximate surface area is 105 Å². The quantitative estimate of drug-likeness (QED) is 0.764. The number of benzene rings is 1. The van der Waals surface area contributed by atoms with E-state index in [1.807, 2.05) is 32.0 Å². The molecule has 0 N–H and O–H groups in total. The fraction of sp³-hybridized carbons (Fsp3) is 0.231. The summed E-state index contributed by atoms with van der Waals surface area (Å²) < 4.78 is 5.33. The van der Waals surface area contributed by atoms with Crippen LogP contribution in [0.4, 0.5) is 0 Å². The van der Waals surface area contributed by atoms with Crippen molar-refractivity contribution in [2.24, 2.45) is 0 Å². The summed E-state index contributed by atoms with van der Waals surface area (Å²) in [5.74, 6) is 1.43. The largest absolute Gasteiger partial charge is 0.496 e. The minimum absolute atomic E-state index is 0.441. The molecule has 2 rings (SSSR count). The Bertz CT molecular complexity index is 535. The van der Waals surface area contributed by atoms with Crippen LogP contribution in [0.2, 0.25) is 5.15 Å². The second-order valence-corrected chi connectivity index (χ2v) is 4.21. The Morgan fingerprint density at radius 1 is 1.12 bits per heavy atom. The summed E-state index contributed by atoms with van der Waals surface area (Å²) in [5, 5.41) is 0.441. The van der Waals surface area contributed by atoms with Gasteiger partial charge >= 0.3 is 0 Å². The Hall–Kier alpha value is -1.61. The summed E-state index contributed by atoms with van der Waals surface area (Å²) in [4.78, 5) is 8.43. The molecule has 0 spiro atoms. The van der Waals surface area contributed by atoms with Crippen molar-refractivity contribution in [2.45, 2.75) is 13.8 Å². The number of rotatable bonds is 2. The van der Waals surface area contributed by atoms with Crippen LogP contribution >= 0.6 is 11.6 Å². The standard InChI is InChI=1S/C13H13ClN2O/c1-8-4-5-12(17-3)10(6-8)11-7-13(14)16-9(2)15-11/h4-7H,1-3H3. The molecule has 2 aromatic rings. The molecule has 0 radical (unpaired) electrons. The molecule has 88 valence electrons. The first kappa shape index (κ1) is 11.9. The first-order valence-electron chi connectivity index (χ1n) is 5.26. The molecule has 4 heteroatoms. The van der Waals surface area contributed by atoms with Gasteiger partial charge in [0.15, 0.2) is 0 Å². The van der Waals surface area contributed by atoms with Gasteiger partial charge in [-0.05, 0) is 26.0 Å². The van der Waals surface area contributed by atoms with Crippen LogP contribution < -0.4 is 4.74 Å². The number of methoxy groups -OCH3 is 1. The van der Waals surface area contributed by atoms with Gasteiger partial charge in [0, 0.05) is 11.6 Å².